The Morgan fingerprint density at radius 2 is 0.320 bits per heavy atom. The second-order valence-electron chi connectivity index (χ2n) is 39.0. The van der Waals surface area contributed by atoms with Gasteiger partial charge in [-0.3, -0.25) is 0 Å². The largest absolute Gasteiger partial charge is 0.311 e. The van der Waals surface area contributed by atoms with Gasteiger partial charge in [0.2, 0.25) is 0 Å². The summed E-state index contributed by atoms with van der Waals surface area (Å²) in [6.45, 7) is 4.74. The molecule has 0 fully saturated rings. The monoisotopic (exact) mass is 1910 g/mol. The molecule has 0 bridgehead atoms. The van der Waals surface area contributed by atoms with Crippen molar-refractivity contribution in [2.75, 3.05) is 14.7 Å². The highest BCUT2D eigenvalue weighted by Gasteiger charge is 2.37. The molecule has 0 aliphatic heterocycles. The van der Waals surface area contributed by atoms with Crippen LogP contribution in [-0.2, 0) is 5.41 Å². The number of nitrogens with zero attached hydrogens (tertiary/aromatic N) is 3. The average Bonchev–Trinajstić information content (AvgIpc) is 1.56. The first-order valence-corrected chi connectivity index (χ1v) is 51.7. The number of hydrogen-bond acceptors (Lipinski definition) is 3. The van der Waals surface area contributed by atoms with Crippen molar-refractivity contribution in [3.8, 4) is 145 Å². The van der Waals surface area contributed by atoms with Gasteiger partial charge in [0.25, 0.3) is 0 Å². The maximum absolute atomic E-state index is 2.42. The summed E-state index contributed by atoms with van der Waals surface area (Å²) in [6, 6.07) is 221. The summed E-state index contributed by atoms with van der Waals surface area (Å²) < 4.78 is 0. The highest BCUT2D eigenvalue weighted by molar-refractivity contribution is 6.04. The predicted molar refractivity (Wildman–Crippen MR) is 639 cm³/mol. The molecule has 710 valence electrons. The van der Waals surface area contributed by atoms with E-state index < -0.39 is 0 Å². The zero-order valence-electron chi connectivity index (χ0n) is 83.7. The van der Waals surface area contributed by atoms with E-state index >= 15 is 0 Å². The smallest absolute Gasteiger partial charge is 0.0465 e. The van der Waals surface area contributed by atoms with Crippen molar-refractivity contribution in [2.24, 2.45) is 0 Å². The summed E-state index contributed by atoms with van der Waals surface area (Å²) in [6.07, 6.45) is 0. The Hall–Kier alpha value is -19.3. The second-order valence-corrected chi connectivity index (χ2v) is 39.0. The number of fused-ring (bicyclic) bond motifs is 6. The Balaban J connectivity index is 0.000000120. The Morgan fingerprint density at radius 3 is 0.693 bits per heavy atom. The van der Waals surface area contributed by atoms with Crippen LogP contribution >= 0.6 is 0 Å². The summed E-state index contributed by atoms with van der Waals surface area (Å²) in [4.78, 5) is 7.03. The molecule has 25 aromatic carbocycles. The third-order valence-corrected chi connectivity index (χ3v) is 29.4. The van der Waals surface area contributed by atoms with Crippen LogP contribution in [0.5, 0.6) is 0 Å². The average molecular weight is 1920 g/mol. The van der Waals surface area contributed by atoms with Crippen LogP contribution in [-0.4, -0.2) is 0 Å². The number of para-hydroxylation sites is 2. The topological polar surface area (TPSA) is 9.72 Å². The van der Waals surface area contributed by atoms with Crippen LogP contribution in [0.4, 0.5) is 51.2 Å². The normalized spacial score (nSPS) is 11.6. The molecule has 1 aliphatic carbocycles. The van der Waals surface area contributed by atoms with Crippen LogP contribution < -0.4 is 14.7 Å². The zero-order chi connectivity index (χ0) is 100. The fraction of sp³-hybridized carbons (Fsp3) is 0.0204. The molecular formula is C147H107N3. The lowest BCUT2D eigenvalue weighted by Crippen LogP contribution is -2.16. The van der Waals surface area contributed by atoms with Gasteiger partial charge in [-0.15, -0.1) is 0 Å². The minimum Gasteiger partial charge on any atom is -0.311 e. The van der Waals surface area contributed by atoms with Gasteiger partial charge in [0.15, 0.2) is 0 Å². The molecule has 3 heteroatoms. The molecule has 26 rings (SSSR count). The third kappa shape index (κ3) is 19.4. The molecule has 0 heterocycles. The molecule has 0 N–H and O–H groups in total. The first kappa shape index (κ1) is 93.1. The van der Waals surface area contributed by atoms with Crippen molar-refractivity contribution in [1.82, 2.24) is 0 Å². The van der Waals surface area contributed by atoms with Gasteiger partial charge >= 0.3 is 0 Å². The van der Waals surface area contributed by atoms with Crippen LogP contribution in [0, 0.1) is 0 Å². The molecule has 150 heavy (non-hydrogen) atoms. The van der Waals surface area contributed by atoms with E-state index in [0.717, 1.165) is 45.5 Å². The molecule has 3 nitrogen and oxygen atoms in total. The van der Waals surface area contributed by atoms with Gasteiger partial charge in [-0.05, 0) is 328 Å². The number of hydrogen-bond donors (Lipinski definition) is 0. The Bertz CT molecular complexity index is 8820. The van der Waals surface area contributed by atoms with E-state index in [1.54, 1.807) is 0 Å². The highest BCUT2D eigenvalue weighted by Crippen LogP contribution is 2.53. The van der Waals surface area contributed by atoms with Crippen LogP contribution in [0.3, 0.4) is 0 Å². The van der Waals surface area contributed by atoms with Crippen molar-refractivity contribution in [1.29, 1.82) is 0 Å². The molecule has 0 unspecified atom stereocenters. The summed E-state index contributed by atoms with van der Waals surface area (Å²) in [7, 11) is 0. The lowest BCUT2D eigenvalue weighted by Gasteiger charge is -2.28. The van der Waals surface area contributed by atoms with E-state index in [2.05, 4.69) is 641 Å². The lowest BCUT2D eigenvalue weighted by atomic mass is 9.81. The fourth-order valence-electron chi connectivity index (χ4n) is 21.7. The SMILES string of the molecule is CC1(C)c2cc(-c3ccc4c(-c5ccccc5)cccc4c3)ccc2-c2ccc(N(c3ccccc3)c3ccccc3)cc21.c1ccc(-c2ccc(N(c3ccc(-c4ccccc4)cc3)c3ccc(-c4ccc5c(-c6cccc(-c7ccccc7)c6)cccc5c4)cc3)cc2)cc1.c1ccc(-c2ccc(N(c3ccc(-c4ccccc4)cc3)c3ccc(-c4ccc5c(-c6ccccc6-c6ccccc6)cccc5c4)cc3)cc2)cc1. The van der Waals surface area contributed by atoms with E-state index in [1.807, 2.05) is 0 Å². The molecule has 0 saturated heterocycles. The van der Waals surface area contributed by atoms with E-state index in [-0.39, 0.29) is 5.41 Å². The summed E-state index contributed by atoms with van der Waals surface area (Å²) in [5, 5.41) is 7.50. The highest BCUT2D eigenvalue weighted by atomic mass is 15.2. The predicted octanol–water partition coefficient (Wildman–Crippen LogP) is 41.2. The van der Waals surface area contributed by atoms with Crippen LogP contribution in [0.1, 0.15) is 25.0 Å². The quantitative estimate of drug-likeness (QED) is 0.0710. The Kier molecular flexibility index (Phi) is 26.2. The zero-order valence-corrected chi connectivity index (χ0v) is 83.7. The summed E-state index contributed by atoms with van der Waals surface area (Å²) in [5.41, 5.74) is 44.7. The lowest BCUT2D eigenvalue weighted by molar-refractivity contribution is 0.660. The molecule has 0 spiro atoms. The number of rotatable bonds is 21. The first-order valence-electron chi connectivity index (χ1n) is 51.7. The van der Waals surface area contributed by atoms with Gasteiger partial charge in [-0.1, -0.05) is 487 Å². The molecule has 25 aromatic rings. The van der Waals surface area contributed by atoms with E-state index in [1.165, 1.54) is 194 Å². The summed E-state index contributed by atoms with van der Waals surface area (Å²) >= 11 is 0. The number of anilines is 9. The summed E-state index contributed by atoms with van der Waals surface area (Å²) in [5.74, 6) is 0. The van der Waals surface area contributed by atoms with Crippen molar-refractivity contribution < 1.29 is 0 Å². The molecule has 0 aromatic heterocycles. The van der Waals surface area contributed by atoms with Crippen molar-refractivity contribution in [2.45, 2.75) is 19.3 Å². The minimum atomic E-state index is -0.132. The van der Waals surface area contributed by atoms with Gasteiger partial charge in [-0.2, -0.15) is 0 Å². The standard InChI is InChI=1S/2C52H37N.C43H33N/c1-4-12-38(13-5-1)41-22-29-48(30-23-41)53(49-31-24-42(25-32-49)39-14-6-2-7-15-39)50-33-26-43(27-34-50)45-28-35-52-47(37-45)20-11-21-51(52)46-19-10-18-44(36-46)40-16-8-3-9-17-40;1-4-13-38(14-5-1)40-23-30-46(31-24-40)53(47-32-25-41(26-33-47)39-15-6-2-7-16-39)48-34-27-42(28-35-48)44-29-36-50-45(37-44)19-12-22-52(50)51-21-11-10-20-49(51)43-17-8-3-9-18-43;1-43(2)41-28-32(31-21-24-38-33(27-31)15-12-20-37(38)30-13-6-3-7-14-30)22-25-39(41)40-26-23-36(29-42(40)43)44(34-16-8-4-9-17-34)35-18-10-5-11-19-35/h2*1-37H;3-29H,1-2H3. The maximum Gasteiger partial charge on any atom is 0.0465 e. The van der Waals surface area contributed by atoms with Crippen LogP contribution in [0.25, 0.3) is 177 Å². The Labute approximate surface area is 879 Å². The van der Waals surface area contributed by atoms with Gasteiger partial charge in [-0.25, -0.2) is 0 Å². The molecule has 0 atom stereocenters. The molecular weight excluding hydrogens is 1810 g/mol. The van der Waals surface area contributed by atoms with Crippen molar-refractivity contribution in [3.63, 3.8) is 0 Å². The van der Waals surface area contributed by atoms with Crippen molar-refractivity contribution in [3.05, 3.63) is 624 Å². The first-order chi connectivity index (χ1) is 74.1. The molecule has 1 aliphatic rings. The van der Waals surface area contributed by atoms with E-state index in [4.69, 9.17) is 0 Å². The molecule has 0 radical (unpaired) electrons. The van der Waals surface area contributed by atoms with Gasteiger partial charge < -0.3 is 14.7 Å². The maximum atomic E-state index is 2.42. The van der Waals surface area contributed by atoms with Crippen LogP contribution in [0.2, 0.25) is 0 Å². The van der Waals surface area contributed by atoms with E-state index in [0.29, 0.717) is 0 Å². The van der Waals surface area contributed by atoms with Gasteiger partial charge in [0, 0.05) is 56.6 Å². The fourth-order valence-corrected chi connectivity index (χ4v) is 21.7. The molecule has 0 amide bonds. The van der Waals surface area contributed by atoms with Crippen molar-refractivity contribution >= 4 is 83.5 Å². The van der Waals surface area contributed by atoms with E-state index in [9.17, 15) is 0 Å². The van der Waals surface area contributed by atoms with Gasteiger partial charge in [0.05, 0.1) is 0 Å². The second kappa shape index (κ2) is 42.2. The third-order valence-electron chi connectivity index (χ3n) is 29.4. The van der Waals surface area contributed by atoms with Gasteiger partial charge in [0.1, 0.15) is 0 Å². The number of benzene rings is 25. The van der Waals surface area contributed by atoms with Crippen LogP contribution in [0.15, 0.2) is 613 Å². The molecule has 0 saturated carbocycles. The minimum absolute atomic E-state index is 0.132. The Morgan fingerprint density at radius 1 is 0.113 bits per heavy atom.